The monoisotopic (exact) mass is 482 g/mol. The van der Waals surface area contributed by atoms with Crippen LogP contribution in [0.5, 0.6) is 5.75 Å². The van der Waals surface area contributed by atoms with Crippen molar-refractivity contribution >= 4 is 5.69 Å². The summed E-state index contributed by atoms with van der Waals surface area (Å²) in [4.78, 5) is 9.54. The quantitative estimate of drug-likeness (QED) is 0.227. The number of hydrogen-bond acceptors (Lipinski definition) is 4. The van der Waals surface area contributed by atoms with E-state index in [-0.39, 0.29) is 0 Å². The Morgan fingerprint density at radius 2 is 1.47 bits per heavy atom. The van der Waals surface area contributed by atoms with Crippen molar-refractivity contribution < 1.29 is 4.74 Å². The molecule has 1 aromatic heterocycles. The van der Waals surface area contributed by atoms with Crippen LogP contribution in [0.1, 0.15) is 36.6 Å². The summed E-state index contributed by atoms with van der Waals surface area (Å²) in [6, 6.07) is 27.7. The number of unbranched alkanes of at least 4 members (excludes halogenated alkanes) is 1. The number of hydrogen-bond donors (Lipinski definition) is 0. The van der Waals surface area contributed by atoms with Gasteiger partial charge < -0.3 is 14.2 Å². The van der Waals surface area contributed by atoms with Gasteiger partial charge in [-0.3, -0.25) is 4.90 Å². The number of methoxy groups -OCH3 is 1. The van der Waals surface area contributed by atoms with Gasteiger partial charge in [-0.1, -0.05) is 67.9 Å². The zero-order valence-electron chi connectivity index (χ0n) is 22.0. The van der Waals surface area contributed by atoms with E-state index >= 15 is 0 Å². The number of ether oxygens (including phenoxy) is 1. The Morgan fingerprint density at radius 1 is 0.806 bits per heavy atom. The molecule has 36 heavy (non-hydrogen) atoms. The van der Waals surface area contributed by atoms with E-state index in [1.54, 1.807) is 7.11 Å². The largest absolute Gasteiger partial charge is 0.496 e. The number of benzene rings is 3. The fourth-order valence-electron chi connectivity index (χ4n) is 4.54. The molecule has 0 bridgehead atoms. The predicted octanol–water partition coefficient (Wildman–Crippen LogP) is 6.63. The van der Waals surface area contributed by atoms with Gasteiger partial charge in [0.05, 0.1) is 24.6 Å². The topological polar surface area (TPSA) is 33.5 Å². The standard InChI is InChI=1S/C31H38N4O/c1-5-6-20-35-28(21-32-31(35)29-14-10-11-15-30(29)36-4)24-34(22-25-12-8-7-9-13-25)23-26-16-18-27(19-17-26)33(2)3/h7-19,21H,5-6,20,22-24H2,1-4H3. The second-order valence-corrected chi connectivity index (χ2v) is 9.47. The van der Waals surface area contributed by atoms with Gasteiger partial charge in [0.25, 0.3) is 0 Å². The minimum absolute atomic E-state index is 0.816. The van der Waals surface area contributed by atoms with Crippen molar-refractivity contribution in [3.8, 4) is 17.1 Å². The smallest absolute Gasteiger partial charge is 0.143 e. The van der Waals surface area contributed by atoms with Gasteiger partial charge in [0.15, 0.2) is 0 Å². The Balaban J connectivity index is 1.65. The van der Waals surface area contributed by atoms with Crippen LogP contribution in [0, 0.1) is 0 Å². The number of para-hydroxylation sites is 1. The maximum atomic E-state index is 5.67. The predicted molar refractivity (Wildman–Crippen MR) is 149 cm³/mol. The van der Waals surface area contributed by atoms with E-state index in [4.69, 9.17) is 9.72 Å². The summed E-state index contributed by atoms with van der Waals surface area (Å²) in [7, 11) is 5.88. The normalized spacial score (nSPS) is 11.1. The third-order valence-electron chi connectivity index (χ3n) is 6.51. The van der Waals surface area contributed by atoms with Crippen molar-refractivity contribution in [1.82, 2.24) is 14.5 Å². The lowest BCUT2D eigenvalue weighted by Crippen LogP contribution is -2.24. The minimum atomic E-state index is 0.816. The van der Waals surface area contributed by atoms with E-state index in [9.17, 15) is 0 Å². The highest BCUT2D eigenvalue weighted by molar-refractivity contribution is 5.65. The van der Waals surface area contributed by atoms with Crippen molar-refractivity contribution in [3.63, 3.8) is 0 Å². The zero-order chi connectivity index (χ0) is 25.3. The molecular formula is C31H38N4O. The van der Waals surface area contributed by atoms with E-state index < -0.39 is 0 Å². The average Bonchev–Trinajstić information content (AvgIpc) is 3.30. The van der Waals surface area contributed by atoms with Crippen molar-refractivity contribution in [2.24, 2.45) is 0 Å². The molecule has 0 saturated carbocycles. The highest BCUT2D eigenvalue weighted by Gasteiger charge is 2.18. The number of nitrogens with zero attached hydrogens (tertiary/aromatic N) is 4. The third kappa shape index (κ3) is 6.35. The first-order valence-electron chi connectivity index (χ1n) is 12.8. The second-order valence-electron chi connectivity index (χ2n) is 9.47. The summed E-state index contributed by atoms with van der Waals surface area (Å²) in [5.74, 6) is 1.83. The maximum absolute atomic E-state index is 5.67. The highest BCUT2D eigenvalue weighted by atomic mass is 16.5. The number of imidazole rings is 1. The molecule has 0 aliphatic heterocycles. The molecule has 0 unspecified atom stereocenters. The van der Waals surface area contributed by atoms with Crippen molar-refractivity contribution in [3.05, 3.63) is 102 Å². The molecule has 0 aliphatic carbocycles. The molecular weight excluding hydrogens is 444 g/mol. The molecule has 1 heterocycles. The molecule has 0 radical (unpaired) electrons. The van der Waals surface area contributed by atoms with Crippen molar-refractivity contribution in [1.29, 1.82) is 0 Å². The first-order valence-corrected chi connectivity index (χ1v) is 12.8. The Hall–Kier alpha value is -3.57. The molecule has 0 N–H and O–H groups in total. The number of aromatic nitrogens is 2. The van der Waals surface area contributed by atoms with E-state index in [1.807, 2.05) is 18.3 Å². The van der Waals surface area contributed by atoms with E-state index in [0.29, 0.717) is 0 Å². The van der Waals surface area contributed by atoms with Gasteiger partial charge >= 0.3 is 0 Å². The van der Waals surface area contributed by atoms with Crippen LogP contribution in [0.15, 0.2) is 85.1 Å². The van der Waals surface area contributed by atoms with Gasteiger partial charge in [-0.05, 0) is 41.8 Å². The molecule has 0 aliphatic rings. The van der Waals surface area contributed by atoms with Crippen LogP contribution < -0.4 is 9.64 Å². The van der Waals surface area contributed by atoms with Gasteiger partial charge in [0.2, 0.25) is 0 Å². The van der Waals surface area contributed by atoms with Crippen LogP contribution in [-0.4, -0.2) is 35.7 Å². The lowest BCUT2D eigenvalue weighted by Gasteiger charge is -2.24. The number of rotatable bonds is 12. The van der Waals surface area contributed by atoms with Crippen molar-refractivity contribution in [2.75, 3.05) is 26.1 Å². The molecule has 5 nitrogen and oxygen atoms in total. The molecule has 3 aromatic carbocycles. The van der Waals surface area contributed by atoms with Gasteiger partial charge in [-0.25, -0.2) is 4.98 Å². The SMILES string of the molecule is CCCCn1c(CN(Cc2ccccc2)Cc2ccc(N(C)C)cc2)cnc1-c1ccccc1OC. The van der Waals surface area contributed by atoms with Crippen LogP contribution in [0.3, 0.4) is 0 Å². The van der Waals surface area contributed by atoms with E-state index in [2.05, 4.69) is 102 Å². The molecule has 4 rings (SSSR count). The summed E-state index contributed by atoms with van der Waals surface area (Å²) >= 11 is 0. The summed E-state index contributed by atoms with van der Waals surface area (Å²) in [6.07, 6.45) is 4.29. The van der Waals surface area contributed by atoms with Gasteiger partial charge in [0, 0.05) is 46.0 Å². The Labute approximate surface area is 216 Å². The van der Waals surface area contributed by atoms with Gasteiger partial charge in [-0.15, -0.1) is 0 Å². The highest BCUT2D eigenvalue weighted by Crippen LogP contribution is 2.30. The Morgan fingerprint density at radius 3 is 2.14 bits per heavy atom. The van der Waals surface area contributed by atoms with Crippen LogP contribution in [-0.2, 0) is 26.2 Å². The number of anilines is 1. The second kappa shape index (κ2) is 12.4. The zero-order valence-corrected chi connectivity index (χ0v) is 22.0. The summed E-state index contributed by atoms with van der Waals surface area (Å²) in [5.41, 5.74) is 6.10. The van der Waals surface area contributed by atoms with Gasteiger partial charge in [0.1, 0.15) is 11.6 Å². The van der Waals surface area contributed by atoms with Gasteiger partial charge in [-0.2, -0.15) is 0 Å². The average molecular weight is 483 g/mol. The van der Waals surface area contributed by atoms with E-state index in [0.717, 1.165) is 56.2 Å². The fourth-order valence-corrected chi connectivity index (χ4v) is 4.54. The maximum Gasteiger partial charge on any atom is 0.143 e. The molecule has 0 spiro atoms. The third-order valence-corrected chi connectivity index (χ3v) is 6.51. The summed E-state index contributed by atoms with van der Waals surface area (Å²) in [5, 5.41) is 0. The van der Waals surface area contributed by atoms with Crippen LogP contribution >= 0.6 is 0 Å². The minimum Gasteiger partial charge on any atom is -0.496 e. The first-order chi connectivity index (χ1) is 17.6. The van der Waals surface area contributed by atoms with E-state index in [1.165, 1.54) is 22.5 Å². The Kier molecular flexibility index (Phi) is 8.80. The Bertz CT molecular complexity index is 1220. The van der Waals surface area contributed by atoms with Crippen LogP contribution in [0.4, 0.5) is 5.69 Å². The molecule has 0 saturated heterocycles. The molecule has 0 fully saturated rings. The summed E-state index contributed by atoms with van der Waals surface area (Å²) < 4.78 is 8.05. The summed E-state index contributed by atoms with van der Waals surface area (Å²) in [6.45, 7) is 5.73. The fraction of sp³-hybridized carbons (Fsp3) is 0.323. The van der Waals surface area contributed by atoms with Crippen LogP contribution in [0.25, 0.3) is 11.4 Å². The lowest BCUT2D eigenvalue weighted by molar-refractivity contribution is 0.241. The van der Waals surface area contributed by atoms with Crippen LogP contribution in [0.2, 0.25) is 0 Å². The first kappa shape index (κ1) is 25.5. The molecule has 188 valence electrons. The van der Waals surface area contributed by atoms with Crippen molar-refractivity contribution in [2.45, 2.75) is 45.9 Å². The molecule has 5 heteroatoms. The molecule has 4 aromatic rings. The molecule has 0 atom stereocenters. The lowest BCUT2D eigenvalue weighted by atomic mass is 10.1. The molecule has 0 amide bonds.